The largest absolute Gasteiger partial charge is 0.384 e. The molecule has 1 saturated heterocycles. The fourth-order valence-corrected chi connectivity index (χ4v) is 2.09. The molecule has 0 aromatic carbocycles. The minimum Gasteiger partial charge on any atom is -0.384 e. The molecule has 16 heavy (non-hydrogen) atoms. The van der Waals surface area contributed by atoms with E-state index in [9.17, 15) is 0 Å². The van der Waals surface area contributed by atoms with Crippen molar-refractivity contribution in [2.45, 2.75) is 38.5 Å². The van der Waals surface area contributed by atoms with Crippen molar-refractivity contribution < 1.29 is 0 Å². The van der Waals surface area contributed by atoms with Gasteiger partial charge < -0.3 is 11.1 Å². The molecule has 0 aliphatic carbocycles. The highest BCUT2D eigenvalue weighted by molar-refractivity contribution is 5.32. The lowest BCUT2D eigenvalue weighted by Gasteiger charge is -2.22. The highest BCUT2D eigenvalue weighted by atomic mass is 15.0. The molecule has 2 rings (SSSR count). The van der Waals surface area contributed by atoms with Crippen molar-refractivity contribution in [3.63, 3.8) is 0 Å². The smallest absolute Gasteiger partial charge is 0.133 e. The molecule has 0 unspecified atom stereocenters. The zero-order valence-corrected chi connectivity index (χ0v) is 10.0. The Morgan fingerprint density at radius 2 is 2.00 bits per heavy atom. The summed E-state index contributed by atoms with van der Waals surface area (Å²) in [5, 5.41) is 3.36. The molecule has 1 aliphatic rings. The van der Waals surface area contributed by atoms with Gasteiger partial charge >= 0.3 is 0 Å². The number of nitrogen functional groups attached to an aromatic ring is 1. The van der Waals surface area contributed by atoms with E-state index in [2.05, 4.69) is 29.1 Å². The molecule has 4 heteroatoms. The first-order valence-electron chi connectivity index (χ1n) is 6.02. The van der Waals surface area contributed by atoms with Crippen LogP contribution in [0.5, 0.6) is 0 Å². The molecule has 0 radical (unpaired) electrons. The first-order chi connectivity index (χ1) is 7.66. The monoisotopic (exact) mass is 220 g/mol. The Labute approximate surface area is 96.7 Å². The number of piperidine rings is 1. The van der Waals surface area contributed by atoms with Crippen LogP contribution < -0.4 is 11.1 Å². The van der Waals surface area contributed by atoms with Crippen molar-refractivity contribution >= 4 is 5.82 Å². The maximum atomic E-state index is 5.84. The first-order valence-corrected chi connectivity index (χ1v) is 6.02. The van der Waals surface area contributed by atoms with E-state index in [-0.39, 0.29) is 0 Å². The number of aromatic nitrogens is 2. The lowest BCUT2D eigenvalue weighted by atomic mass is 9.94. The summed E-state index contributed by atoms with van der Waals surface area (Å²) in [5.41, 5.74) is 6.96. The molecule has 4 nitrogen and oxygen atoms in total. The van der Waals surface area contributed by atoms with E-state index in [1.165, 1.54) is 0 Å². The molecule has 0 saturated carbocycles. The summed E-state index contributed by atoms with van der Waals surface area (Å²) < 4.78 is 0. The van der Waals surface area contributed by atoms with Crippen LogP contribution in [0.15, 0.2) is 6.07 Å². The number of hydrogen-bond donors (Lipinski definition) is 2. The van der Waals surface area contributed by atoms with Gasteiger partial charge in [0.2, 0.25) is 0 Å². The summed E-state index contributed by atoms with van der Waals surface area (Å²) in [6, 6.07) is 1.93. The number of nitrogens with one attached hydrogen (secondary N) is 1. The van der Waals surface area contributed by atoms with Crippen LogP contribution >= 0.6 is 0 Å². The molecule has 0 atom stereocenters. The minimum atomic E-state index is 0.337. The number of hydrogen-bond acceptors (Lipinski definition) is 4. The van der Waals surface area contributed by atoms with Gasteiger partial charge in [-0.15, -0.1) is 0 Å². The van der Waals surface area contributed by atoms with Crippen molar-refractivity contribution in [1.82, 2.24) is 15.3 Å². The minimum absolute atomic E-state index is 0.337. The number of rotatable bonds is 2. The SMILES string of the molecule is CC(C)c1nc(N)cc(C2CCNCC2)n1. The van der Waals surface area contributed by atoms with Crippen LogP contribution in [0.2, 0.25) is 0 Å². The third kappa shape index (κ3) is 2.50. The highest BCUT2D eigenvalue weighted by Gasteiger charge is 2.18. The van der Waals surface area contributed by atoms with Crippen molar-refractivity contribution in [2.75, 3.05) is 18.8 Å². The van der Waals surface area contributed by atoms with Crippen molar-refractivity contribution in [1.29, 1.82) is 0 Å². The Bertz CT molecular complexity index is 356. The molecule has 3 N–H and O–H groups in total. The third-order valence-corrected chi connectivity index (χ3v) is 3.06. The van der Waals surface area contributed by atoms with Crippen LogP contribution in [0, 0.1) is 0 Å². The second kappa shape index (κ2) is 4.78. The van der Waals surface area contributed by atoms with Crippen LogP contribution in [0.4, 0.5) is 5.82 Å². The number of nitrogens with two attached hydrogens (primary N) is 1. The normalized spacial score (nSPS) is 17.9. The van der Waals surface area contributed by atoms with Crippen LogP contribution in [-0.4, -0.2) is 23.1 Å². The van der Waals surface area contributed by atoms with Gasteiger partial charge in [-0.1, -0.05) is 13.8 Å². The van der Waals surface area contributed by atoms with Gasteiger partial charge in [0.05, 0.1) is 0 Å². The average molecular weight is 220 g/mol. The Morgan fingerprint density at radius 1 is 1.31 bits per heavy atom. The molecule has 1 aliphatic heterocycles. The Hall–Kier alpha value is -1.16. The maximum absolute atomic E-state index is 5.84. The van der Waals surface area contributed by atoms with Gasteiger partial charge in [0.15, 0.2) is 0 Å². The van der Waals surface area contributed by atoms with Gasteiger partial charge in [-0.2, -0.15) is 0 Å². The number of nitrogens with zero attached hydrogens (tertiary/aromatic N) is 2. The number of anilines is 1. The fourth-order valence-electron chi connectivity index (χ4n) is 2.09. The van der Waals surface area contributed by atoms with Gasteiger partial charge in [-0.05, 0) is 25.9 Å². The molecule has 0 bridgehead atoms. The Balaban J connectivity index is 2.25. The van der Waals surface area contributed by atoms with Gasteiger partial charge in [-0.25, -0.2) is 9.97 Å². The fraction of sp³-hybridized carbons (Fsp3) is 0.667. The lowest BCUT2D eigenvalue weighted by molar-refractivity contribution is 0.451. The summed E-state index contributed by atoms with van der Waals surface area (Å²) in [7, 11) is 0. The van der Waals surface area contributed by atoms with Crippen LogP contribution in [0.25, 0.3) is 0 Å². The predicted molar refractivity (Wildman–Crippen MR) is 65.4 cm³/mol. The zero-order chi connectivity index (χ0) is 11.5. The Kier molecular flexibility index (Phi) is 3.39. The first kappa shape index (κ1) is 11.3. The second-order valence-electron chi connectivity index (χ2n) is 4.75. The van der Waals surface area contributed by atoms with Gasteiger partial charge in [-0.3, -0.25) is 0 Å². The summed E-state index contributed by atoms with van der Waals surface area (Å²) in [6.45, 7) is 6.35. The van der Waals surface area contributed by atoms with Gasteiger partial charge in [0.25, 0.3) is 0 Å². The third-order valence-electron chi connectivity index (χ3n) is 3.06. The Morgan fingerprint density at radius 3 is 2.62 bits per heavy atom. The van der Waals surface area contributed by atoms with E-state index in [1.807, 2.05) is 6.07 Å². The molecule has 1 aromatic heterocycles. The van der Waals surface area contributed by atoms with E-state index in [1.54, 1.807) is 0 Å². The second-order valence-corrected chi connectivity index (χ2v) is 4.75. The molecule has 88 valence electrons. The van der Waals surface area contributed by atoms with Gasteiger partial charge in [0, 0.05) is 23.6 Å². The molecular formula is C12H20N4. The summed E-state index contributed by atoms with van der Waals surface area (Å²) >= 11 is 0. The summed E-state index contributed by atoms with van der Waals surface area (Å²) in [4.78, 5) is 8.92. The zero-order valence-electron chi connectivity index (χ0n) is 10.0. The topological polar surface area (TPSA) is 63.8 Å². The predicted octanol–water partition coefficient (Wildman–Crippen LogP) is 1.65. The van der Waals surface area contributed by atoms with E-state index in [4.69, 9.17) is 5.73 Å². The average Bonchev–Trinajstić information content (AvgIpc) is 2.29. The van der Waals surface area contributed by atoms with E-state index in [0.717, 1.165) is 37.4 Å². The standard InChI is InChI=1S/C12H20N4/c1-8(2)12-15-10(7-11(13)16-12)9-3-5-14-6-4-9/h7-9,14H,3-6H2,1-2H3,(H2,13,15,16). The lowest BCUT2D eigenvalue weighted by Crippen LogP contribution is -2.27. The van der Waals surface area contributed by atoms with Crippen molar-refractivity contribution in [3.8, 4) is 0 Å². The van der Waals surface area contributed by atoms with E-state index < -0.39 is 0 Å². The van der Waals surface area contributed by atoms with Crippen LogP contribution in [0.1, 0.15) is 50.0 Å². The summed E-state index contributed by atoms with van der Waals surface area (Å²) in [5.74, 6) is 2.36. The molecule has 1 aromatic rings. The summed E-state index contributed by atoms with van der Waals surface area (Å²) in [6.07, 6.45) is 2.29. The van der Waals surface area contributed by atoms with E-state index >= 15 is 0 Å². The molecule has 0 amide bonds. The van der Waals surface area contributed by atoms with Crippen molar-refractivity contribution in [2.24, 2.45) is 0 Å². The van der Waals surface area contributed by atoms with Crippen LogP contribution in [0.3, 0.4) is 0 Å². The van der Waals surface area contributed by atoms with Gasteiger partial charge in [0.1, 0.15) is 11.6 Å². The maximum Gasteiger partial charge on any atom is 0.133 e. The quantitative estimate of drug-likeness (QED) is 0.795. The molecule has 0 spiro atoms. The van der Waals surface area contributed by atoms with E-state index in [0.29, 0.717) is 17.7 Å². The van der Waals surface area contributed by atoms with Crippen molar-refractivity contribution in [3.05, 3.63) is 17.6 Å². The van der Waals surface area contributed by atoms with Crippen LogP contribution in [-0.2, 0) is 0 Å². The molecule has 2 heterocycles. The molecule has 1 fully saturated rings. The highest BCUT2D eigenvalue weighted by Crippen LogP contribution is 2.25. The molecular weight excluding hydrogens is 200 g/mol.